The normalized spacial score (nSPS) is 14.0. The standard InChI is InChI=1S/C15H20ClN3O/c1-3-15(2,11-20)10-17-13-7-4-6-12(16)14(13)19-9-5-8-18-19/h4-9,17,20H,3,10-11H2,1-2H3. The fraction of sp³-hybridized carbons (Fsp3) is 0.400. The summed E-state index contributed by atoms with van der Waals surface area (Å²) in [6.45, 7) is 4.95. The molecule has 0 fully saturated rings. The largest absolute Gasteiger partial charge is 0.396 e. The van der Waals surface area contributed by atoms with Gasteiger partial charge in [0.25, 0.3) is 0 Å². The van der Waals surface area contributed by atoms with E-state index in [1.165, 1.54) is 0 Å². The maximum absolute atomic E-state index is 9.49. The lowest BCUT2D eigenvalue weighted by molar-refractivity contribution is 0.149. The SMILES string of the molecule is CCC(C)(CO)CNc1cccc(Cl)c1-n1cccn1. The van der Waals surface area contributed by atoms with Gasteiger partial charge in [0.05, 0.1) is 17.3 Å². The molecule has 2 aromatic rings. The minimum absolute atomic E-state index is 0.147. The van der Waals surface area contributed by atoms with Gasteiger partial charge in [0, 0.05) is 24.4 Å². The highest BCUT2D eigenvalue weighted by Crippen LogP contribution is 2.29. The average Bonchev–Trinajstić information content (AvgIpc) is 2.98. The van der Waals surface area contributed by atoms with Crippen molar-refractivity contribution in [3.8, 4) is 5.69 Å². The summed E-state index contributed by atoms with van der Waals surface area (Å²) >= 11 is 6.29. The number of aliphatic hydroxyl groups excluding tert-OH is 1. The maximum atomic E-state index is 9.49. The molecule has 0 aliphatic rings. The lowest BCUT2D eigenvalue weighted by Crippen LogP contribution is -2.29. The molecular formula is C15H20ClN3O. The molecule has 0 radical (unpaired) electrons. The van der Waals surface area contributed by atoms with E-state index in [1.54, 1.807) is 10.9 Å². The summed E-state index contributed by atoms with van der Waals surface area (Å²) in [7, 11) is 0. The van der Waals surface area contributed by atoms with Gasteiger partial charge in [-0.2, -0.15) is 5.10 Å². The van der Waals surface area contributed by atoms with Crippen LogP contribution in [0.4, 0.5) is 5.69 Å². The summed E-state index contributed by atoms with van der Waals surface area (Å²) in [4.78, 5) is 0. The average molecular weight is 294 g/mol. The van der Waals surface area contributed by atoms with E-state index in [0.29, 0.717) is 11.6 Å². The van der Waals surface area contributed by atoms with Gasteiger partial charge in [-0.15, -0.1) is 0 Å². The highest BCUT2D eigenvalue weighted by atomic mass is 35.5. The number of nitrogens with one attached hydrogen (secondary N) is 1. The first-order valence-corrected chi connectivity index (χ1v) is 7.11. The van der Waals surface area contributed by atoms with Crippen LogP contribution in [0.15, 0.2) is 36.7 Å². The lowest BCUT2D eigenvalue weighted by Gasteiger charge is -2.27. The Balaban J connectivity index is 2.27. The molecule has 0 saturated heterocycles. The molecule has 108 valence electrons. The lowest BCUT2D eigenvalue weighted by atomic mass is 9.88. The summed E-state index contributed by atoms with van der Waals surface area (Å²) in [5, 5.41) is 17.7. The van der Waals surface area contributed by atoms with Crippen LogP contribution < -0.4 is 5.32 Å². The van der Waals surface area contributed by atoms with E-state index in [4.69, 9.17) is 11.6 Å². The maximum Gasteiger partial charge on any atom is 0.106 e. The zero-order valence-electron chi connectivity index (χ0n) is 11.8. The Labute approximate surface area is 124 Å². The third-order valence-electron chi connectivity index (χ3n) is 3.66. The Hall–Kier alpha value is -1.52. The number of aromatic nitrogens is 2. The third kappa shape index (κ3) is 3.14. The minimum Gasteiger partial charge on any atom is -0.396 e. The zero-order chi connectivity index (χ0) is 14.6. The second-order valence-corrected chi connectivity index (χ2v) is 5.67. The van der Waals surface area contributed by atoms with Gasteiger partial charge >= 0.3 is 0 Å². The van der Waals surface area contributed by atoms with Crippen LogP contribution in [0.5, 0.6) is 0 Å². The fourth-order valence-corrected chi connectivity index (χ4v) is 2.15. The number of hydrogen-bond donors (Lipinski definition) is 2. The number of benzene rings is 1. The van der Waals surface area contributed by atoms with Crippen LogP contribution in [0.1, 0.15) is 20.3 Å². The Morgan fingerprint density at radius 1 is 1.40 bits per heavy atom. The number of nitrogens with zero attached hydrogens (tertiary/aromatic N) is 2. The van der Waals surface area contributed by atoms with E-state index in [9.17, 15) is 5.11 Å². The molecule has 0 spiro atoms. The number of anilines is 1. The summed E-state index contributed by atoms with van der Waals surface area (Å²) in [6.07, 6.45) is 4.47. The van der Waals surface area contributed by atoms with Crippen molar-refractivity contribution in [1.29, 1.82) is 0 Å². The van der Waals surface area contributed by atoms with E-state index < -0.39 is 0 Å². The highest BCUT2D eigenvalue weighted by Gasteiger charge is 2.21. The predicted octanol–water partition coefficient (Wildman–Crippen LogP) is 3.35. The molecule has 5 heteroatoms. The summed E-state index contributed by atoms with van der Waals surface area (Å²) < 4.78 is 1.74. The monoisotopic (exact) mass is 293 g/mol. The quantitative estimate of drug-likeness (QED) is 0.859. The smallest absolute Gasteiger partial charge is 0.106 e. The first-order chi connectivity index (χ1) is 9.59. The number of rotatable bonds is 6. The summed E-state index contributed by atoms with van der Waals surface area (Å²) in [6, 6.07) is 7.57. The molecule has 0 amide bonds. The topological polar surface area (TPSA) is 50.1 Å². The fourth-order valence-electron chi connectivity index (χ4n) is 1.89. The second kappa shape index (κ2) is 6.29. The minimum atomic E-state index is -0.149. The molecule has 0 aliphatic heterocycles. The second-order valence-electron chi connectivity index (χ2n) is 5.26. The van der Waals surface area contributed by atoms with Gasteiger partial charge in [0.1, 0.15) is 5.69 Å². The van der Waals surface area contributed by atoms with E-state index in [2.05, 4.69) is 24.3 Å². The number of hydrogen-bond acceptors (Lipinski definition) is 3. The molecule has 1 aromatic heterocycles. The van der Waals surface area contributed by atoms with E-state index >= 15 is 0 Å². The molecule has 20 heavy (non-hydrogen) atoms. The molecule has 2 N–H and O–H groups in total. The molecule has 1 atom stereocenters. The van der Waals surface area contributed by atoms with Gasteiger partial charge < -0.3 is 10.4 Å². The van der Waals surface area contributed by atoms with E-state index in [1.807, 2.05) is 30.5 Å². The van der Waals surface area contributed by atoms with Gasteiger partial charge in [-0.3, -0.25) is 0 Å². The molecule has 0 bridgehead atoms. The van der Waals surface area contributed by atoms with Gasteiger partial charge in [-0.05, 0) is 24.6 Å². The van der Waals surface area contributed by atoms with E-state index in [-0.39, 0.29) is 12.0 Å². The van der Waals surface area contributed by atoms with Crippen molar-refractivity contribution in [1.82, 2.24) is 9.78 Å². The van der Waals surface area contributed by atoms with Crippen molar-refractivity contribution in [3.05, 3.63) is 41.7 Å². The Morgan fingerprint density at radius 2 is 2.20 bits per heavy atom. The van der Waals surface area contributed by atoms with Crippen LogP contribution in [0.3, 0.4) is 0 Å². The van der Waals surface area contributed by atoms with Gasteiger partial charge in [0.2, 0.25) is 0 Å². The van der Waals surface area contributed by atoms with Crippen LogP contribution in [-0.4, -0.2) is 28.0 Å². The number of aliphatic hydroxyl groups is 1. The van der Waals surface area contributed by atoms with Crippen molar-refractivity contribution in [3.63, 3.8) is 0 Å². The molecule has 1 heterocycles. The van der Waals surface area contributed by atoms with Crippen LogP contribution >= 0.6 is 11.6 Å². The Bertz CT molecular complexity index is 550. The highest BCUT2D eigenvalue weighted by molar-refractivity contribution is 6.33. The van der Waals surface area contributed by atoms with Crippen LogP contribution in [0.25, 0.3) is 5.69 Å². The van der Waals surface area contributed by atoms with Crippen molar-refractivity contribution >= 4 is 17.3 Å². The van der Waals surface area contributed by atoms with Gasteiger partial charge in [0.15, 0.2) is 0 Å². The molecule has 2 rings (SSSR count). The summed E-state index contributed by atoms with van der Waals surface area (Å²) in [5.41, 5.74) is 1.59. The zero-order valence-corrected chi connectivity index (χ0v) is 12.6. The van der Waals surface area contributed by atoms with Crippen molar-refractivity contribution in [2.45, 2.75) is 20.3 Å². The first-order valence-electron chi connectivity index (χ1n) is 6.73. The van der Waals surface area contributed by atoms with Crippen LogP contribution in [-0.2, 0) is 0 Å². The summed E-state index contributed by atoms with van der Waals surface area (Å²) in [5.74, 6) is 0. The molecule has 0 saturated carbocycles. The first kappa shape index (κ1) is 14.9. The Kier molecular flexibility index (Phi) is 4.68. The predicted molar refractivity (Wildman–Crippen MR) is 82.5 cm³/mol. The van der Waals surface area contributed by atoms with Gasteiger partial charge in [-0.1, -0.05) is 31.5 Å². The molecule has 4 nitrogen and oxygen atoms in total. The number of halogens is 1. The molecule has 1 unspecified atom stereocenters. The number of para-hydroxylation sites is 1. The molecule has 0 aliphatic carbocycles. The van der Waals surface area contributed by atoms with Crippen molar-refractivity contribution in [2.75, 3.05) is 18.5 Å². The molecular weight excluding hydrogens is 274 g/mol. The van der Waals surface area contributed by atoms with Crippen LogP contribution in [0, 0.1) is 5.41 Å². The van der Waals surface area contributed by atoms with Crippen molar-refractivity contribution in [2.24, 2.45) is 5.41 Å². The van der Waals surface area contributed by atoms with Crippen molar-refractivity contribution < 1.29 is 5.11 Å². The molecule has 1 aromatic carbocycles. The van der Waals surface area contributed by atoms with Crippen LogP contribution in [0.2, 0.25) is 5.02 Å². The van der Waals surface area contributed by atoms with Gasteiger partial charge in [-0.25, -0.2) is 4.68 Å². The third-order valence-corrected chi connectivity index (χ3v) is 3.97. The van der Waals surface area contributed by atoms with E-state index in [0.717, 1.165) is 17.8 Å². The Morgan fingerprint density at radius 3 is 2.80 bits per heavy atom.